The topological polar surface area (TPSA) is 107 Å². The molecule has 7 nitrogen and oxygen atoms in total. The van der Waals surface area contributed by atoms with E-state index in [-0.39, 0.29) is 25.3 Å². The van der Waals surface area contributed by atoms with E-state index in [4.69, 9.17) is 5.73 Å². The number of carbonyl (C=O) groups excluding carboxylic acids is 1. The Morgan fingerprint density at radius 1 is 1.42 bits per heavy atom. The minimum atomic E-state index is -1.23. The first-order valence-electron chi connectivity index (χ1n) is 5.17. The number of hydrogen-bond acceptors (Lipinski definition) is 5. The van der Waals surface area contributed by atoms with Crippen LogP contribution >= 0.6 is 0 Å². The van der Waals surface area contributed by atoms with Gasteiger partial charge >= 0.3 is 11.8 Å². The van der Waals surface area contributed by atoms with Crippen molar-refractivity contribution >= 4 is 11.8 Å². The average Bonchev–Trinajstić information content (AvgIpc) is 2.30. The molecule has 1 aromatic rings. The first-order valence-corrected chi connectivity index (χ1v) is 5.17. The van der Waals surface area contributed by atoms with Gasteiger partial charge in [-0.2, -0.15) is 4.39 Å². The summed E-state index contributed by atoms with van der Waals surface area (Å²) in [5, 5.41) is 13.2. The van der Waals surface area contributed by atoms with E-state index in [1.165, 1.54) is 0 Å². The number of nitrogens with two attached hydrogens (primary N) is 1. The van der Waals surface area contributed by atoms with Gasteiger partial charge in [0.1, 0.15) is 12.4 Å². The lowest BCUT2D eigenvalue weighted by Gasteiger charge is -2.06. The average molecular weight is 275 g/mol. The fourth-order valence-corrected chi connectivity index (χ4v) is 1.30. The number of nitro groups is 1. The third-order valence-corrected chi connectivity index (χ3v) is 2.15. The summed E-state index contributed by atoms with van der Waals surface area (Å²) < 4.78 is 30.8. The number of ether oxygens (including phenoxy) is 1. The highest BCUT2D eigenvalue weighted by molar-refractivity contribution is 5.64. The number of nitrogens with zero attached hydrogens (tertiary/aromatic N) is 1. The lowest BCUT2D eigenvalue weighted by Crippen LogP contribution is -2.23. The lowest BCUT2D eigenvalue weighted by atomic mass is 10.2. The molecule has 1 rings (SSSR count). The minimum Gasteiger partial charge on any atom is -0.448 e. The predicted molar refractivity (Wildman–Crippen MR) is 60.3 cm³/mol. The number of carbonyl (C=O) groups is 1. The largest absolute Gasteiger partial charge is 0.448 e. The number of primary amides is 1. The summed E-state index contributed by atoms with van der Waals surface area (Å²) in [6.07, 6.45) is -0.939. The molecular weight excluding hydrogens is 264 g/mol. The van der Waals surface area contributed by atoms with E-state index in [1.54, 1.807) is 0 Å². The Kier molecular flexibility index (Phi) is 5.12. The molecule has 1 amide bonds. The highest BCUT2D eigenvalue weighted by atomic mass is 19.1. The van der Waals surface area contributed by atoms with Crippen LogP contribution in [0.3, 0.4) is 0 Å². The maximum absolute atomic E-state index is 13.3. The van der Waals surface area contributed by atoms with Crippen molar-refractivity contribution in [2.75, 3.05) is 13.2 Å². The second kappa shape index (κ2) is 6.59. The minimum absolute atomic E-state index is 0.0275. The van der Waals surface area contributed by atoms with Crippen molar-refractivity contribution in [2.24, 2.45) is 5.73 Å². The van der Waals surface area contributed by atoms with Gasteiger partial charge in [-0.3, -0.25) is 10.1 Å². The van der Waals surface area contributed by atoms with Crippen LogP contribution in [-0.2, 0) is 11.3 Å². The van der Waals surface area contributed by atoms with Crippen LogP contribution in [0.15, 0.2) is 12.1 Å². The predicted octanol–water partition coefficient (Wildman–Crippen LogP) is 1.06. The summed E-state index contributed by atoms with van der Waals surface area (Å²) in [5.74, 6) is -2.13. The molecule has 0 aromatic heterocycles. The molecule has 0 heterocycles. The lowest BCUT2D eigenvalue weighted by molar-refractivity contribution is -0.387. The van der Waals surface area contributed by atoms with Crippen LogP contribution in [0.5, 0.6) is 0 Å². The van der Waals surface area contributed by atoms with Gasteiger partial charge in [-0.25, -0.2) is 9.18 Å². The summed E-state index contributed by atoms with van der Waals surface area (Å²) in [5.41, 5.74) is 3.85. The molecule has 0 fully saturated rings. The van der Waals surface area contributed by atoms with Crippen molar-refractivity contribution in [1.82, 2.24) is 5.32 Å². The van der Waals surface area contributed by atoms with Gasteiger partial charge in [-0.05, 0) is 0 Å². The molecule has 0 atom stereocenters. The molecule has 0 spiro atoms. The molecule has 0 bridgehead atoms. The SMILES string of the molecule is NC(=O)OCCNCc1cc([N+](=O)[O-])c(F)cc1F. The number of nitrogens with one attached hydrogen (secondary N) is 1. The zero-order chi connectivity index (χ0) is 14.4. The molecule has 0 unspecified atom stereocenters. The molecule has 9 heteroatoms. The number of benzene rings is 1. The molecule has 0 aliphatic heterocycles. The maximum Gasteiger partial charge on any atom is 0.404 e. The Morgan fingerprint density at radius 2 is 2.11 bits per heavy atom. The molecule has 104 valence electrons. The zero-order valence-corrected chi connectivity index (χ0v) is 9.69. The van der Waals surface area contributed by atoms with Gasteiger partial charge in [0.25, 0.3) is 0 Å². The smallest absolute Gasteiger partial charge is 0.404 e. The third-order valence-electron chi connectivity index (χ3n) is 2.15. The van der Waals surface area contributed by atoms with Crippen LogP contribution in [0, 0.1) is 21.7 Å². The monoisotopic (exact) mass is 275 g/mol. The zero-order valence-electron chi connectivity index (χ0n) is 9.69. The highest BCUT2D eigenvalue weighted by Crippen LogP contribution is 2.21. The van der Waals surface area contributed by atoms with Crippen LogP contribution in [0.1, 0.15) is 5.56 Å². The molecule has 3 N–H and O–H groups in total. The Balaban J connectivity index is 2.60. The van der Waals surface area contributed by atoms with Gasteiger partial charge in [-0.15, -0.1) is 0 Å². The highest BCUT2D eigenvalue weighted by Gasteiger charge is 2.18. The summed E-state index contributed by atoms with van der Waals surface area (Å²) >= 11 is 0. The van der Waals surface area contributed by atoms with Gasteiger partial charge < -0.3 is 15.8 Å². The van der Waals surface area contributed by atoms with Gasteiger partial charge in [0.15, 0.2) is 0 Å². The molecule has 0 radical (unpaired) electrons. The van der Waals surface area contributed by atoms with E-state index >= 15 is 0 Å². The molecule has 1 aromatic carbocycles. The number of nitro benzene ring substituents is 1. The van der Waals surface area contributed by atoms with E-state index in [0.717, 1.165) is 6.07 Å². The summed E-state index contributed by atoms with van der Waals surface area (Å²) in [7, 11) is 0. The van der Waals surface area contributed by atoms with E-state index in [1.807, 2.05) is 0 Å². The molecule has 19 heavy (non-hydrogen) atoms. The fraction of sp³-hybridized carbons (Fsp3) is 0.300. The molecule has 0 saturated carbocycles. The fourth-order valence-electron chi connectivity index (χ4n) is 1.30. The van der Waals surface area contributed by atoms with Gasteiger partial charge in [-0.1, -0.05) is 0 Å². The summed E-state index contributed by atoms with van der Waals surface area (Å²) in [4.78, 5) is 19.8. The second-order valence-corrected chi connectivity index (χ2v) is 3.50. The van der Waals surface area contributed by atoms with Crippen molar-refractivity contribution < 1.29 is 23.2 Å². The van der Waals surface area contributed by atoms with Gasteiger partial charge in [0, 0.05) is 30.8 Å². The number of rotatable bonds is 6. The Hall–Kier alpha value is -2.29. The summed E-state index contributed by atoms with van der Waals surface area (Å²) in [6, 6.07) is 1.27. The van der Waals surface area contributed by atoms with Crippen molar-refractivity contribution in [2.45, 2.75) is 6.54 Å². The van der Waals surface area contributed by atoms with E-state index in [9.17, 15) is 23.7 Å². The molecule has 0 aliphatic rings. The van der Waals surface area contributed by atoms with Crippen molar-refractivity contribution in [1.29, 1.82) is 0 Å². The summed E-state index contributed by atoms with van der Waals surface area (Å²) in [6.45, 7) is 0.0723. The van der Waals surface area contributed by atoms with Crippen LogP contribution < -0.4 is 11.1 Å². The van der Waals surface area contributed by atoms with Crippen molar-refractivity contribution in [3.05, 3.63) is 39.4 Å². The van der Waals surface area contributed by atoms with Crippen LogP contribution in [-0.4, -0.2) is 24.2 Å². The number of halogens is 2. The molecular formula is C10H11F2N3O4. The first kappa shape index (κ1) is 14.8. The quantitative estimate of drug-likeness (QED) is 0.458. The standard InChI is InChI=1S/C10H11F2N3O4/c11-7-4-8(12)9(15(17)18)3-6(7)5-14-1-2-19-10(13)16/h3-4,14H,1-2,5H2,(H2,13,16). The Bertz CT molecular complexity index is 496. The Morgan fingerprint density at radius 3 is 2.68 bits per heavy atom. The normalized spacial score (nSPS) is 10.2. The third kappa shape index (κ3) is 4.47. The maximum atomic E-state index is 13.3. The van der Waals surface area contributed by atoms with E-state index in [2.05, 4.69) is 10.1 Å². The molecule has 0 aliphatic carbocycles. The van der Waals surface area contributed by atoms with Gasteiger partial charge in [0.2, 0.25) is 5.82 Å². The van der Waals surface area contributed by atoms with Crippen LogP contribution in [0.2, 0.25) is 0 Å². The van der Waals surface area contributed by atoms with Crippen LogP contribution in [0.25, 0.3) is 0 Å². The van der Waals surface area contributed by atoms with Crippen LogP contribution in [0.4, 0.5) is 19.3 Å². The van der Waals surface area contributed by atoms with Crippen molar-refractivity contribution in [3.63, 3.8) is 0 Å². The number of hydrogen-bond donors (Lipinski definition) is 2. The van der Waals surface area contributed by atoms with Crippen molar-refractivity contribution in [3.8, 4) is 0 Å². The molecule has 0 saturated heterocycles. The number of amides is 1. The van der Waals surface area contributed by atoms with Gasteiger partial charge in [0.05, 0.1) is 4.92 Å². The first-order chi connectivity index (χ1) is 8.91. The van der Waals surface area contributed by atoms with E-state index < -0.39 is 28.3 Å². The van der Waals surface area contributed by atoms with E-state index in [0.29, 0.717) is 6.07 Å². The Labute approximate surface area is 106 Å². The second-order valence-electron chi connectivity index (χ2n) is 3.50.